The number of pyridine rings is 2. The van der Waals surface area contributed by atoms with Gasteiger partial charge in [-0.1, -0.05) is 17.1 Å². The fourth-order valence-corrected chi connectivity index (χ4v) is 3.33. The number of hydrogen-bond acceptors (Lipinski definition) is 5. The highest BCUT2D eigenvalue weighted by Crippen LogP contribution is 2.19. The van der Waals surface area contributed by atoms with E-state index in [0.29, 0.717) is 41.2 Å². The molecule has 0 aromatic carbocycles. The van der Waals surface area contributed by atoms with Crippen molar-refractivity contribution in [2.24, 2.45) is 0 Å². The van der Waals surface area contributed by atoms with Gasteiger partial charge < -0.3 is 15.4 Å². The van der Waals surface area contributed by atoms with Gasteiger partial charge in [0.2, 0.25) is 11.5 Å². The van der Waals surface area contributed by atoms with Crippen LogP contribution in [0.25, 0.3) is 16.7 Å². The van der Waals surface area contributed by atoms with Crippen LogP contribution in [0, 0.1) is 0 Å². The van der Waals surface area contributed by atoms with Gasteiger partial charge in [0.15, 0.2) is 0 Å². The third-order valence-corrected chi connectivity index (χ3v) is 4.75. The number of nitrogens with zero attached hydrogens (tertiary/aromatic N) is 2. The molecular formula is C20H22N5O3+. The number of H-pyrrole nitrogens is 1. The van der Waals surface area contributed by atoms with E-state index in [4.69, 9.17) is 4.74 Å². The molecule has 0 aliphatic carbocycles. The summed E-state index contributed by atoms with van der Waals surface area (Å²) >= 11 is 0. The van der Waals surface area contributed by atoms with Crippen molar-refractivity contribution in [2.75, 3.05) is 25.0 Å². The molecule has 1 fully saturated rings. The average Bonchev–Trinajstić information content (AvgIpc) is 3.24. The van der Waals surface area contributed by atoms with Gasteiger partial charge in [0, 0.05) is 25.8 Å². The van der Waals surface area contributed by atoms with Crippen LogP contribution in [0.2, 0.25) is 0 Å². The summed E-state index contributed by atoms with van der Waals surface area (Å²) in [6.07, 6.45) is 5.36. The molecule has 3 N–H and O–H groups in total. The first-order valence-electron chi connectivity index (χ1n) is 9.29. The largest absolute Gasteiger partial charge is 0.376 e. The van der Waals surface area contributed by atoms with E-state index in [1.165, 1.54) is 4.40 Å². The van der Waals surface area contributed by atoms with Gasteiger partial charge in [-0.05, 0) is 25.0 Å². The minimum Gasteiger partial charge on any atom is -0.376 e. The lowest BCUT2D eigenvalue weighted by Gasteiger charge is -2.12. The second kappa shape index (κ2) is 7.77. The number of hydrogen-bond donors (Lipinski definition) is 2. The van der Waals surface area contributed by atoms with Gasteiger partial charge in [-0.2, -0.15) is 4.40 Å². The smallest absolute Gasteiger partial charge is 0.325 e. The van der Waals surface area contributed by atoms with E-state index in [1.807, 2.05) is 6.07 Å². The lowest BCUT2D eigenvalue weighted by molar-refractivity contribution is -0.319. The number of amides is 1. The molecule has 144 valence electrons. The summed E-state index contributed by atoms with van der Waals surface area (Å²) < 4.78 is 7.13. The van der Waals surface area contributed by atoms with Crippen LogP contribution in [0.15, 0.2) is 47.9 Å². The van der Waals surface area contributed by atoms with Crippen LogP contribution in [0.4, 0.5) is 5.82 Å². The van der Waals surface area contributed by atoms with Crippen LogP contribution >= 0.6 is 0 Å². The number of anilines is 1. The number of nitrogens with one attached hydrogen (secondary N) is 3. The summed E-state index contributed by atoms with van der Waals surface area (Å²) in [6.45, 7) is 5.24. The number of carbonyl (C=O) groups excluding carboxylic acids is 1. The van der Waals surface area contributed by atoms with Crippen molar-refractivity contribution in [1.29, 1.82) is 0 Å². The Bertz CT molecular complexity index is 1100. The zero-order valence-corrected chi connectivity index (χ0v) is 15.4. The molecule has 3 aromatic rings. The number of fused-ring (bicyclic) bond motifs is 2. The molecule has 1 atom stereocenters. The molecule has 0 bridgehead atoms. The van der Waals surface area contributed by atoms with Crippen LogP contribution in [-0.4, -0.2) is 41.1 Å². The Morgan fingerprint density at radius 2 is 2.36 bits per heavy atom. The minimum atomic E-state index is -0.318. The number of rotatable bonds is 6. The third kappa shape index (κ3) is 3.46. The van der Waals surface area contributed by atoms with E-state index in [-0.39, 0.29) is 17.6 Å². The van der Waals surface area contributed by atoms with E-state index in [0.717, 1.165) is 19.4 Å². The molecule has 3 aromatic heterocycles. The Morgan fingerprint density at radius 3 is 3.14 bits per heavy atom. The van der Waals surface area contributed by atoms with Gasteiger partial charge >= 0.3 is 5.56 Å². The van der Waals surface area contributed by atoms with E-state index in [1.54, 1.807) is 30.5 Å². The van der Waals surface area contributed by atoms with Crippen molar-refractivity contribution in [3.05, 3.63) is 59.0 Å². The predicted molar refractivity (Wildman–Crippen MR) is 106 cm³/mol. The van der Waals surface area contributed by atoms with Crippen molar-refractivity contribution in [2.45, 2.75) is 18.9 Å². The number of aromatic nitrogens is 3. The summed E-state index contributed by atoms with van der Waals surface area (Å²) in [7, 11) is 0. The fraction of sp³-hybridized carbons (Fsp3) is 0.300. The average molecular weight is 380 g/mol. The highest BCUT2D eigenvalue weighted by molar-refractivity contribution is 6.01. The van der Waals surface area contributed by atoms with Gasteiger partial charge in [0.1, 0.15) is 10.9 Å². The van der Waals surface area contributed by atoms with Gasteiger partial charge in [-0.3, -0.25) is 4.79 Å². The van der Waals surface area contributed by atoms with E-state index >= 15 is 0 Å². The van der Waals surface area contributed by atoms with Crippen LogP contribution < -0.4 is 21.2 Å². The molecule has 0 saturated carbocycles. The predicted octanol–water partition coefficient (Wildman–Crippen LogP) is 1.17. The molecule has 1 amide bonds. The Kier molecular flexibility index (Phi) is 5.03. The van der Waals surface area contributed by atoms with E-state index in [9.17, 15) is 9.59 Å². The summed E-state index contributed by atoms with van der Waals surface area (Å²) in [6, 6.07) is 6.99. The van der Waals surface area contributed by atoms with Crippen LogP contribution in [0.1, 0.15) is 23.2 Å². The normalized spacial score (nSPS) is 16.4. The summed E-state index contributed by atoms with van der Waals surface area (Å²) in [5.41, 5.74) is 1.13. The quantitative estimate of drug-likeness (QED) is 0.494. The first-order chi connectivity index (χ1) is 13.7. The van der Waals surface area contributed by atoms with Gasteiger partial charge in [0.05, 0.1) is 12.3 Å². The highest BCUT2D eigenvalue weighted by atomic mass is 16.5. The first kappa shape index (κ1) is 18.1. The van der Waals surface area contributed by atoms with E-state index in [2.05, 4.69) is 27.2 Å². The van der Waals surface area contributed by atoms with Crippen molar-refractivity contribution in [1.82, 2.24) is 14.7 Å². The maximum atomic E-state index is 12.9. The van der Waals surface area contributed by atoms with Crippen molar-refractivity contribution >= 4 is 28.4 Å². The lowest BCUT2D eigenvalue weighted by Crippen LogP contribution is -2.29. The SMILES string of the molecule is C=CCNC(=O)c1cc2c(=O)n3ccccc3[nH+]c2nc1NC[C@@H]1CCCO1. The molecule has 8 nitrogen and oxygen atoms in total. The Hall–Kier alpha value is -3.26. The second-order valence-electron chi connectivity index (χ2n) is 6.68. The second-order valence-corrected chi connectivity index (χ2v) is 6.68. The summed E-state index contributed by atoms with van der Waals surface area (Å²) in [5.74, 6) is 0.0993. The monoisotopic (exact) mass is 380 g/mol. The molecule has 28 heavy (non-hydrogen) atoms. The van der Waals surface area contributed by atoms with Crippen molar-refractivity contribution in [3.8, 4) is 0 Å². The molecule has 4 rings (SSSR count). The Balaban J connectivity index is 1.80. The Morgan fingerprint density at radius 1 is 1.46 bits per heavy atom. The molecule has 1 aliphatic rings. The molecule has 4 heterocycles. The number of ether oxygens (including phenoxy) is 1. The Labute approximate surface area is 161 Å². The molecule has 0 unspecified atom stereocenters. The van der Waals surface area contributed by atoms with Crippen LogP contribution in [0.5, 0.6) is 0 Å². The van der Waals surface area contributed by atoms with Crippen molar-refractivity contribution < 1.29 is 14.5 Å². The van der Waals surface area contributed by atoms with E-state index < -0.39 is 0 Å². The number of carbonyl (C=O) groups is 1. The number of aromatic amines is 1. The van der Waals surface area contributed by atoms with Crippen LogP contribution in [0.3, 0.4) is 0 Å². The zero-order chi connectivity index (χ0) is 19.5. The lowest BCUT2D eigenvalue weighted by atomic mass is 10.1. The van der Waals surface area contributed by atoms with Gasteiger partial charge in [0.25, 0.3) is 11.6 Å². The van der Waals surface area contributed by atoms with Crippen molar-refractivity contribution in [3.63, 3.8) is 0 Å². The van der Waals surface area contributed by atoms with Gasteiger partial charge in [-0.25, -0.2) is 9.78 Å². The molecule has 0 radical (unpaired) electrons. The minimum absolute atomic E-state index is 0.0905. The van der Waals surface area contributed by atoms with Gasteiger partial charge in [-0.15, -0.1) is 6.58 Å². The molecule has 8 heteroatoms. The molecule has 1 aliphatic heterocycles. The summed E-state index contributed by atoms with van der Waals surface area (Å²) in [5, 5.41) is 6.31. The first-order valence-corrected chi connectivity index (χ1v) is 9.29. The van der Waals surface area contributed by atoms with Crippen LogP contribution in [-0.2, 0) is 4.74 Å². The fourth-order valence-electron chi connectivity index (χ4n) is 3.33. The standard InChI is InChI=1S/C20H21N5O3/c1-2-8-21-19(26)14-11-15-18(23-16-7-3-4-9-25(16)20(15)27)24-17(14)22-12-13-6-5-10-28-13/h2-4,7,9,11,13H,1,5-6,8,10,12H2,(H,21,26)(H,22,24)/p+1/t13-/m0/s1. The highest BCUT2D eigenvalue weighted by Gasteiger charge is 2.23. The molecule has 1 saturated heterocycles. The summed E-state index contributed by atoms with van der Waals surface area (Å²) in [4.78, 5) is 33.2. The maximum Gasteiger partial charge on any atom is 0.325 e. The third-order valence-electron chi connectivity index (χ3n) is 4.75. The maximum absolute atomic E-state index is 12.9. The zero-order valence-electron chi connectivity index (χ0n) is 15.4. The molecular weight excluding hydrogens is 358 g/mol. The molecule has 0 spiro atoms. The topological polar surface area (TPSA) is 98.9 Å².